The molecule has 0 saturated carbocycles. The standard InChI is InChI=1S/C23H44N2/c1-5-8-10-12-14-15-17-21(4)25-20-19-24-23(25)22(7-3)18-16-13-11-9-6-2/h19-22H,5-18H2,1-4H3/p+1. The van der Waals surface area contributed by atoms with E-state index in [4.69, 9.17) is 0 Å². The Morgan fingerprint density at radius 3 is 1.96 bits per heavy atom. The van der Waals surface area contributed by atoms with Gasteiger partial charge in [0.05, 0.1) is 12.0 Å². The SMILES string of the molecule is CCCCCCCCC(C)[n+]1cc[nH]c1C(CC)CCCCCCC. The molecule has 1 aromatic rings. The van der Waals surface area contributed by atoms with Gasteiger partial charge in [-0.15, -0.1) is 0 Å². The van der Waals surface area contributed by atoms with Gasteiger partial charge in [0.2, 0.25) is 0 Å². The highest BCUT2D eigenvalue weighted by atomic mass is 15.1. The van der Waals surface area contributed by atoms with Crippen molar-refractivity contribution in [2.75, 3.05) is 0 Å². The maximum absolute atomic E-state index is 3.57. The monoisotopic (exact) mass is 349 g/mol. The molecular weight excluding hydrogens is 304 g/mol. The van der Waals surface area contributed by atoms with Crippen molar-refractivity contribution in [3.63, 3.8) is 0 Å². The van der Waals surface area contributed by atoms with E-state index in [1.165, 1.54) is 95.7 Å². The first-order valence-electron chi connectivity index (χ1n) is 11.3. The Balaban J connectivity index is 2.41. The van der Waals surface area contributed by atoms with Crippen molar-refractivity contribution in [1.82, 2.24) is 4.98 Å². The molecule has 146 valence electrons. The number of aromatic nitrogens is 2. The van der Waals surface area contributed by atoms with E-state index in [0.29, 0.717) is 12.0 Å². The van der Waals surface area contributed by atoms with E-state index >= 15 is 0 Å². The first kappa shape index (κ1) is 22.3. The summed E-state index contributed by atoms with van der Waals surface area (Å²) in [6.45, 7) is 9.33. The van der Waals surface area contributed by atoms with Crippen LogP contribution in [0.15, 0.2) is 12.4 Å². The van der Waals surface area contributed by atoms with Crippen molar-refractivity contribution < 1.29 is 4.57 Å². The molecule has 0 aromatic carbocycles. The van der Waals surface area contributed by atoms with Gasteiger partial charge in [-0.25, -0.2) is 9.55 Å². The Hall–Kier alpha value is -0.790. The Bertz CT molecular complexity index is 410. The van der Waals surface area contributed by atoms with E-state index in [2.05, 4.69) is 49.6 Å². The number of H-pyrrole nitrogens is 1. The van der Waals surface area contributed by atoms with Gasteiger partial charge < -0.3 is 0 Å². The van der Waals surface area contributed by atoms with Gasteiger partial charge >= 0.3 is 0 Å². The smallest absolute Gasteiger partial charge is 0.247 e. The number of rotatable bonds is 16. The first-order chi connectivity index (χ1) is 12.2. The Kier molecular flexibility index (Phi) is 12.8. The van der Waals surface area contributed by atoms with Crippen LogP contribution in [0.4, 0.5) is 0 Å². The molecule has 0 fully saturated rings. The van der Waals surface area contributed by atoms with Gasteiger partial charge in [-0.1, -0.05) is 85.0 Å². The average molecular weight is 350 g/mol. The second-order valence-corrected chi connectivity index (χ2v) is 7.97. The molecule has 0 aliphatic heterocycles. The summed E-state index contributed by atoms with van der Waals surface area (Å²) in [6, 6.07) is 0.626. The van der Waals surface area contributed by atoms with E-state index in [-0.39, 0.29) is 0 Å². The zero-order valence-corrected chi connectivity index (χ0v) is 17.7. The molecule has 0 aliphatic carbocycles. The van der Waals surface area contributed by atoms with Crippen molar-refractivity contribution in [2.24, 2.45) is 0 Å². The maximum Gasteiger partial charge on any atom is 0.257 e. The van der Waals surface area contributed by atoms with E-state index in [9.17, 15) is 0 Å². The minimum absolute atomic E-state index is 0.626. The summed E-state index contributed by atoms with van der Waals surface area (Å²) >= 11 is 0. The largest absolute Gasteiger partial charge is 0.257 e. The van der Waals surface area contributed by atoms with Crippen LogP contribution in [0.3, 0.4) is 0 Å². The first-order valence-corrected chi connectivity index (χ1v) is 11.3. The lowest BCUT2D eigenvalue weighted by Crippen LogP contribution is -2.41. The Morgan fingerprint density at radius 1 is 0.800 bits per heavy atom. The summed E-state index contributed by atoms with van der Waals surface area (Å²) in [5.41, 5.74) is 0. The zero-order chi connectivity index (χ0) is 18.3. The fourth-order valence-corrected chi connectivity index (χ4v) is 3.96. The van der Waals surface area contributed by atoms with Crippen LogP contribution >= 0.6 is 0 Å². The average Bonchev–Trinajstić information content (AvgIpc) is 3.10. The molecule has 2 unspecified atom stereocenters. The molecule has 0 saturated heterocycles. The lowest BCUT2D eigenvalue weighted by atomic mass is 9.96. The number of hydrogen-bond donors (Lipinski definition) is 1. The predicted molar refractivity (Wildman–Crippen MR) is 110 cm³/mol. The zero-order valence-electron chi connectivity index (χ0n) is 17.7. The number of unbranched alkanes of at least 4 members (excludes halogenated alkanes) is 9. The quantitative estimate of drug-likeness (QED) is 0.236. The molecule has 1 N–H and O–H groups in total. The molecule has 1 rings (SSSR count). The Morgan fingerprint density at radius 2 is 1.36 bits per heavy atom. The van der Waals surface area contributed by atoms with Gasteiger partial charge in [-0.05, 0) is 32.6 Å². The molecule has 1 aromatic heterocycles. The maximum atomic E-state index is 3.57. The van der Waals surface area contributed by atoms with Crippen LogP contribution in [0, 0.1) is 0 Å². The van der Waals surface area contributed by atoms with Gasteiger partial charge in [0.25, 0.3) is 5.82 Å². The number of nitrogens with one attached hydrogen (secondary N) is 1. The summed E-state index contributed by atoms with van der Waals surface area (Å²) in [5.74, 6) is 2.17. The molecule has 0 bridgehead atoms. The summed E-state index contributed by atoms with van der Waals surface area (Å²) in [6.07, 6.45) is 23.6. The third kappa shape index (κ3) is 8.92. The van der Waals surface area contributed by atoms with Gasteiger partial charge in [0, 0.05) is 0 Å². The van der Waals surface area contributed by atoms with Crippen molar-refractivity contribution in [1.29, 1.82) is 0 Å². The molecule has 0 spiro atoms. The number of imidazole rings is 1. The normalized spacial score (nSPS) is 13.9. The van der Waals surface area contributed by atoms with Crippen LogP contribution < -0.4 is 4.57 Å². The van der Waals surface area contributed by atoms with Gasteiger partial charge in [0.15, 0.2) is 0 Å². The fraction of sp³-hybridized carbons (Fsp3) is 0.870. The van der Waals surface area contributed by atoms with E-state index in [0.717, 1.165) is 0 Å². The predicted octanol–water partition coefficient (Wildman–Crippen LogP) is 7.47. The van der Waals surface area contributed by atoms with Crippen LogP contribution in [-0.2, 0) is 0 Å². The van der Waals surface area contributed by atoms with Crippen molar-refractivity contribution in [3.8, 4) is 0 Å². The summed E-state index contributed by atoms with van der Waals surface area (Å²) in [5, 5.41) is 0. The molecule has 0 amide bonds. The minimum Gasteiger partial charge on any atom is -0.247 e. The summed E-state index contributed by atoms with van der Waals surface area (Å²) in [4.78, 5) is 3.57. The van der Waals surface area contributed by atoms with Gasteiger partial charge in [-0.3, -0.25) is 0 Å². The molecule has 2 heteroatoms. The molecule has 0 aliphatic rings. The lowest BCUT2D eigenvalue weighted by molar-refractivity contribution is -0.727. The third-order valence-electron chi connectivity index (χ3n) is 5.73. The van der Waals surface area contributed by atoms with Gasteiger partial charge in [0.1, 0.15) is 12.4 Å². The molecule has 1 heterocycles. The van der Waals surface area contributed by atoms with Crippen molar-refractivity contribution in [2.45, 2.75) is 130 Å². The van der Waals surface area contributed by atoms with E-state index in [1.54, 1.807) is 0 Å². The summed E-state index contributed by atoms with van der Waals surface area (Å²) < 4.78 is 2.53. The molecule has 25 heavy (non-hydrogen) atoms. The van der Waals surface area contributed by atoms with Crippen molar-refractivity contribution in [3.05, 3.63) is 18.2 Å². The summed E-state index contributed by atoms with van der Waals surface area (Å²) in [7, 11) is 0. The number of aromatic amines is 1. The molecule has 2 atom stereocenters. The molecular formula is C23H45N2+. The second-order valence-electron chi connectivity index (χ2n) is 7.97. The number of hydrogen-bond acceptors (Lipinski definition) is 0. The third-order valence-corrected chi connectivity index (χ3v) is 5.73. The van der Waals surface area contributed by atoms with Crippen LogP contribution in [0.2, 0.25) is 0 Å². The Labute approximate surface area is 157 Å². The highest BCUT2D eigenvalue weighted by Gasteiger charge is 2.24. The second kappa shape index (κ2) is 14.4. The van der Waals surface area contributed by atoms with Crippen LogP contribution in [0.25, 0.3) is 0 Å². The van der Waals surface area contributed by atoms with Crippen LogP contribution in [0.5, 0.6) is 0 Å². The van der Waals surface area contributed by atoms with Crippen LogP contribution in [0.1, 0.15) is 135 Å². The van der Waals surface area contributed by atoms with Gasteiger partial charge in [-0.2, -0.15) is 0 Å². The van der Waals surface area contributed by atoms with E-state index < -0.39 is 0 Å². The highest BCUT2D eigenvalue weighted by Crippen LogP contribution is 2.24. The minimum atomic E-state index is 0.626. The van der Waals surface area contributed by atoms with Crippen molar-refractivity contribution >= 4 is 0 Å². The fourth-order valence-electron chi connectivity index (χ4n) is 3.96. The van der Waals surface area contributed by atoms with E-state index in [1.807, 2.05) is 0 Å². The highest BCUT2D eigenvalue weighted by molar-refractivity contribution is 4.89. The van der Waals surface area contributed by atoms with Crippen LogP contribution in [-0.4, -0.2) is 4.98 Å². The molecule has 2 nitrogen and oxygen atoms in total. The number of nitrogens with zero attached hydrogens (tertiary/aromatic N) is 1. The topological polar surface area (TPSA) is 19.7 Å². The molecule has 0 radical (unpaired) electrons. The lowest BCUT2D eigenvalue weighted by Gasteiger charge is -2.15.